The number of alkyl halides is 2. The molecule has 0 saturated carbocycles. The van der Waals surface area contributed by atoms with Gasteiger partial charge in [-0.3, -0.25) is 4.21 Å². The molecule has 1 rings (SSSR count). The average Bonchev–Trinajstić information content (AvgIpc) is 1.79. The van der Waals surface area contributed by atoms with E-state index in [4.69, 9.17) is 0 Å². The molecule has 1 heterocycles. The molecule has 10 heavy (non-hydrogen) atoms. The Bertz CT molecular complexity index is 165. The van der Waals surface area contributed by atoms with E-state index in [0.29, 0.717) is 0 Å². The van der Waals surface area contributed by atoms with Gasteiger partial charge >= 0.3 is 0 Å². The topological polar surface area (TPSA) is 17.1 Å². The Hall–Kier alpha value is 0.01000. The van der Waals surface area contributed by atoms with Crippen LogP contribution in [-0.2, 0) is 9.93 Å². The SMILES string of the molecule is C[SH]1(=O)CCC(F)(F)CC1. The lowest BCUT2D eigenvalue weighted by atomic mass is 10.2. The van der Waals surface area contributed by atoms with Crippen molar-refractivity contribution in [3.05, 3.63) is 0 Å². The van der Waals surface area contributed by atoms with Gasteiger partial charge in [-0.15, -0.1) is 9.93 Å². The van der Waals surface area contributed by atoms with Crippen LogP contribution in [0, 0.1) is 0 Å². The molecule has 1 aliphatic heterocycles. The zero-order valence-electron chi connectivity index (χ0n) is 5.94. The summed E-state index contributed by atoms with van der Waals surface area (Å²) < 4.78 is 36.0. The minimum absolute atomic E-state index is 0.180. The highest BCUT2D eigenvalue weighted by Crippen LogP contribution is 2.30. The van der Waals surface area contributed by atoms with E-state index in [0.717, 1.165) is 0 Å². The van der Waals surface area contributed by atoms with Gasteiger partial charge in [-0.25, -0.2) is 8.78 Å². The molecule has 1 aliphatic rings. The van der Waals surface area contributed by atoms with Gasteiger partial charge in [-0.1, -0.05) is 0 Å². The quantitative estimate of drug-likeness (QED) is 0.538. The Kier molecular flexibility index (Phi) is 1.83. The monoisotopic (exact) mass is 170 g/mol. The molecule has 0 aliphatic carbocycles. The summed E-state index contributed by atoms with van der Waals surface area (Å²) in [6.45, 7) is 0. The van der Waals surface area contributed by atoms with Crippen LogP contribution >= 0.6 is 0 Å². The van der Waals surface area contributed by atoms with Crippen molar-refractivity contribution in [1.29, 1.82) is 0 Å². The van der Waals surface area contributed by atoms with Gasteiger partial charge < -0.3 is 0 Å². The Balaban J connectivity index is 2.54. The predicted octanol–water partition coefficient (Wildman–Crippen LogP) is 1.06. The molecule has 0 amide bonds. The number of hydrogen-bond acceptors (Lipinski definition) is 1. The third-order valence-corrected chi connectivity index (χ3v) is 4.24. The highest BCUT2D eigenvalue weighted by atomic mass is 32.2. The molecule has 0 aromatic rings. The van der Waals surface area contributed by atoms with Crippen LogP contribution in [0.1, 0.15) is 12.8 Å². The zero-order chi connectivity index (χ0) is 7.83. The lowest BCUT2D eigenvalue weighted by Crippen LogP contribution is -2.35. The van der Waals surface area contributed by atoms with E-state index < -0.39 is 15.9 Å². The largest absolute Gasteiger partial charge is 0.285 e. The van der Waals surface area contributed by atoms with Crippen molar-refractivity contribution in [3.8, 4) is 0 Å². The Morgan fingerprint density at radius 2 is 1.70 bits per heavy atom. The van der Waals surface area contributed by atoms with Gasteiger partial charge in [0.15, 0.2) is 0 Å². The molecule has 62 valence electrons. The predicted molar refractivity (Wildman–Crippen MR) is 39.4 cm³/mol. The van der Waals surface area contributed by atoms with Gasteiger partial charge in [0.1, 0.15) is 0 Å². The highest BCUT2D eigenvalue weighted by Gasteiger charge is 2.35. The van der Waals surface area contributed by atoms with Gasteiger partial charge in [0.05, 0.1) is 0 Å². The van der Waals surface area contributed by atoms with Gasteiger partial charge in [-0.2, -0.15) is 0 Å². The Morgan fingerprint density at radius 1 is 1.30 bits per heavy atom. The summed E-state index contributed by atoms with van der Waals surface area (Å²) in [4.78, 5) is 0. The average molecular weight is 170 g/mol. The van der Waals surface area contributed by atoms with E-state index in [9.17, 15) is 13.0 Å². The van der Waals surface area contributed by atoms with Crippen molar-refractivity contribution >= 4 is 9.93 Å². The van der Waals surface area contributed by atoms with Gasteiger partial charge in [0.2, 0.25) is 5.92 Å². The molecular formula is C6H12F2OS. The molecule has 1 saturated heterocycles. The third-order valence-electron chi connectivity index (χ3n) is 1.90. The van der Waals surface area contributed by atoms with E-state index >= 15 is 0 Å². The molecule has 0 aromatic carbocycles. The second kappa shape index (κ2) is 2.26. The van der Waals surface area contributed by atoms with Crippen LogP contribution in [0.5, 0.6) is 0 Å². The summed E-state index contributed by atoms with van der Waals surface area (Å²) in [5.41, 5.74) is 0. The lowest BCUT2D eigenvalue weighted by molar-refractivity contribution is -0.00796. The first-order valence-electron chi connectivity index (χ1n) is 3.35. The minimum atomic E-state index is -2.54. The Morgan fingerprint density at radius 3 is 2.00 bits per heavy atom. The number of hydrogen-bond donors (Lipinski definition) is 1. The first-order valence-corrected chi connectivity index (χ1v) is 5.87. The molecule has 0 atom stereocenters. The summed E-state index contributed by atoms with van der Waals surface area (Å²) in [6, 6.07) is 0. The van der Waals surface area contributed by atoms with Crippen LogP contribution in [-0.4, -0.2) is 27.9 Å². The third kappa shape index (κ3) is 2.01. The molecule has 1 nitrogen and oxygen atoms in total. The maximum absolute atomic E-state index is 12.4. The second-order valence-corrected chi connectivity index (χ2v) is 6.59. The van der Waals surface area contributed by atoms with E-state index in [1.807, 2.05) is 0 Å². The van der Waals surface area contributed by atoms with Gasteiger partial charge in [0.25, 0.3) is 0 Å². The summed E-state index contributed by atoms with van der Waals surface area (Å²) in [5, 5.41) is 0. The van der Waals surface area contributed by atoms with E-state index in [2.05, 4.69) is 0 Å². The minimum Gasteiger partial charge on any atom is -0.285 e. The molecule has 0 unspecified atom stereocenters. The summed E-state index contributed by atoms with van der Waals surface area (Å²) in [5.74, 6) is -2.09. The van der Waals surface area contributed by atoms with Gasteiger partial charge in [0, 0.05) is 24.3 Å². The number of halogens is 2. The summed E-state index contributed by atoms with van der Waals surface area (Å²) in [6.07, 6.45) is 1.25. The van der Waals surface area contributed by atoms with Crippen LogP contribution in [0.4, 0.5) is 8.78 Å². The first kappa shape index (κ1) is 8.11. The molecule has 4 heteroatoms. The van der Waals surface area contributed by atoms with Gasteiger partial charge in [-0.05, 0) is 6.26 Å². The van der Waals surface area contributed by atoms with Crippen LogP contribution in [0.15, 0.2) is 0 Å². The normalized spacial score (nSPS) is 33.1. The van der Waals surface area contributed by atoms with Crippen molar-refractivity contribution in [2.24, 2.45) is 0 Å². The second-order valence-electron chi connectivity index (χ2n) is 3.10. The molecule has 0 N–H and O–H groups in total. The molecular weight excluding hydrogens is 158 g/mol. The zero-order valence-corrected chi connectivity index (χ0v) is 6.83. The van der Waals surface area contributed by atoms with Crippen LogP contribution in [0.3, 0.4) is 0 Å². The molecule has 0 spiro atoms. The first-order chi connectivity index (χ1) is 4.41. The number of rotatable bonds is 0. The fraction of sp³-hybridized carbons (Fsp3) is 1.00. The summed E-state index contributed by atoms with van der Waals surface area (Å²) >= 11 is 0. The van der Waals surface area contributed by atoms with Crippen molar-refractivity contribution in [2.75, 3.05) is 17.8 Å². The maximum atomic E-state index is 12.4. The van der Waals surface area contributed by atoms with E-state index in [-0.39, 0.29) is 24.3 Å². The fourth-order valence-corrected chi connectivity index (χ4v) is 2.86. The standard InChI is InChI=1S/C6H12F2OS/c1-10(9)4-2-6(7,8)3-5-10/h10H,2-5H2,1H3. The van der Waals surface area contributed by atoms with Crippen LogP contribution in [0.2, 0.25) is 0 Å². The highest BCUT2D eigenvalue weighted by molar-refractivity contribution is 8.02. The number of thiol groups is 1. The van der Waals surface area contributed by atoms with Crippen molar-refractivity contribution < 1.29 is 13.0 Å². The summed E-state index contributed by atoms with van der Waals surface area (Å²) in [7, 11) is -2.15. The van der Waals surface area contributed by atoms with Crippen LogP contribution in [0.25, 0.3) is 0 Å². The van der Waals surface area contributed by atoms with Crippen LogP contribution < -0.4 is 0 Å². The molecule has 0 radical (unpaired) electrons. The maximum Gasteiger partial charge on any atom is 0.249 e. The van der Waals surface area contributed by atoms with Crippen molar-refractivity contribution in [1.82, 2.24) is 0 Å². The molecule has 1 fully saturated rings. The van der Waals surface area contributed by atoms with Crippen molar-refractivity contribution in [2.45, 2.75) is 18.8 Å². The van der Waals surface area contributed by atoms with E-state index in [1.165, 1.54) is 0 Å². The molecule has 0 bridgehead atoms. The smallest absolute Gasteiger partial charge is 0.249 e. The Labute approximate surface area is 60.2 Å². The molecule has 0 aromatic heterocycles. The fourth-order valence-electron chi connectivity index (χ4n) is 1.04. The lowest BCUT2D eigenvalue weighted by Gasteiger charge is -2.29. The van der Waals surface area contributed by atoms with E-state index in [1.54, 1.807) is 6.26 Å². The van der Waals surface area contributed by atoms with Crippen molar-refractivity contribution in [3.63, 3.8) is 0 Å².